The van der Waals surface area contributed by atoms with Crippen molar-refractivity contribution in [3.8, 4) is 23.0 Å². The summed E-state index contributed by atoms with van der Waals surface area (Å²) >= 11 is 0. The number of phenols is 1. The van der Waals surface area contributed by atoms with E-state index < -0.39 is 5.41 Å². The van der Waals surface area contributed by atoms with Gasteiger partial charge in [0, 0.05) is 46.9 Å². The average Bonchev–Trinajstić information content (AvgIpc) is 2.96. The summed E-state index contributed by atoms with van der Waals surface area (Å²) in [5.74, 6) is 2.60. The number of fused-ring (bicyclic) bond motifs is 4. The van der Waals surface area contributed by atoms with Gasteiger partial charge in [0.05, 0.1) is 5.41 Å². The summed E-state index contributed by atoms with van der Waals surface area (Å²) in [5.41, 5.74) is 3.34. The third-order valence-electron chi connectivity index (χ3n) is 8.20. The summed E-state index contributed by atoms with van der Waals surface area (Å²) < 4.78 is 24.6. The molecule has 0 radical (unpaired) electrons. The van der Waals surface area contributed by atoms with Crippen LogP contribution in [0.4, 0.5) is 0 Å². The van der Waals surface area contributed by atoms with Gasteiger partial charge in [-0.3, -0.25) is 9.69 Å². The molecule has 0 saturated carbocycles. The molecule has 1 unspecified atom stereocenters. The Bertz CT molecular complexity index is 1410. The lowest BCUT2D eigenvalue weighted by Gasteiger charge is -2.38. The largest absolute Gasteiger partial charge is 0.508 e. The summed E-state index contributed by atoms with van der Waals surface area (Å²) in [6.07, 6.45) is 10.8. The highest BCUT2D eigenvalue weighted by molar-refractivity contribution is 5.99. The maximum Gasteiger partial charge on any atom is 0.316 e. The Morgan fingerprint density at radius 3 is 2.61 bits per heavy atom. The quantitative estimate of drug-likeness (QED) is 0.327. The molecule has 0 aromatic heterocycles. The number of piperidine rings is 1. The van der Waals surface area contributed by atoms with Crippen molar-refractivity contribution in [3.05, 3.63) is 71.5 Å². The first-order valence-electron chi connectivity index (χ1n) is 14.7. The third kappa shape index (κ3) is 5.87. The summed E-state index contributed by atoms with van der Waals surface area (Å²) in [5, 5.41) is 10.2. The molecule has 1 saturated heterocycles. The van der Waals surface area contributed by atoms with Crippen LogP contribution in [0.2, 0.25) is 0 Å². The summed E-state index contributed by atoms with van der Waals surface area (Å²) in [6.45, 7) is 9.83. The second-order valence-corrected chi connectivity index (χ2v) is 12.3. The fourth-order valence-electron chi connectivity index (χ4n) is 5.89. The summed E-state index contributed by atoms with van der Waals surface area (Å²) in [6, 6.07) is 10.8. The van der Waals surface area contributed by atoms with E-state index in [1.54, 1.807) is 18.2 Å². The van der Waals surface area contributed by atoms with Gasteiger partial charge in [0.2, 0.25) is 0 Å². The summed E-state index contributed by atoms with van der Waals surface area (Å²) in [7, 11) is 0. The zero-order valence-electron chi connectivity index (χ0n) is 24.2. The number of allylic oxidation sites excluding steroid dienone is 2. The van der Waals surface area contributed by atoms with Gasteiger partial charge in [-0.1, -0.05) is 12.5 Å². The van der Waals surface area contributed by atoms with Crippen molar-refractivity contribution in [3.63, 3.8) is 0 Å². The van der Waals surface area contributed by atoms with Crippen LogP contribution in [0.25, 0.3) is 11.1 Å². The lowest BCUT2D eigenvalue weighted by molar-refractivity contribution is -0.143. The third-order valence-corrected chi connectivity index (χ3v) is 8.20. The van der Waals surface area contributed by atoms with Crippen LogP contribution in [-0.2, 0) is 9.53 Å². The molecule has 4 aliphatic rings. The van der Waals surface area contributed by atoms with Gasteiger partial charge in [0.25, 0.3) is 0 Å². The van der Waals surface area contributed by atoms with E-state index in [0.717, 1.165) is 41.0 Å². The van der Waals surface area contributed by atoms with E-state index in [2.05, 4.69) is 23.1 Å². The molecule has 2 aromatic rings. The number of hydrogen-bond donors (Lipinski definition) is 1. The Hall–Kier alpha value is -3.71. The number of carbonyl (C=O) groups excluding carboxylic acids is 1. The number of likely N-dealkylation sites (tertiary alicyclic amines) is 1. The van der Waals surface area contributed by atoms with Crippen molar-refractivity contribution in [2.75, 3.05) is 32.8 Å². The lowest BCUT2D eigenvalue weighted by Crippen LogP contribution is -2.34. The fraction of sp³-hybridized carbons (Fsp3) is 0.441. The van der Waals surface area contributed by atoms with Crippen LogP contribution < -0.4 is 14.2 Å². The van der Waals surface area contributed by atoms with E-state index >= 15 is 0 Å². The summed E-state index contributed by atoms with van der Waals surface area (Å²) in [4.78, 5) is 15.0. The van der Waals surface area contributed by atoms with E-state index in [-0.39, 0.29) is 23.7 Å². The van der Waals surface area contributed by atoms with E-state index in [1.807, 2.05) is 39.0 Å². The van der Waals surface area contributed by atoms with Crippen LogP contribution in [0.3, 0.4) is 0 Å². The van der Waals surface area contributed by atoms with Crippen molar-refractivity contribution in [2.45, 2.75) is 52.6 Å². The number of ether oxygens (including phenoxy) is 4. The van der Waals surface area contributed by atoms with Crippen LogP contribution in [-0.4, -0.2) is 54.9 Å². The number of aromatic hydroxyl groups is 1. The van der Waals surface area contributed by atoms with E-state index in [9.17, 15) is 9.90 Å². The average molecular weight is 558 g/mol. The van der Waals surface area contributed by atoms with Crippen LogP contribution >= 0.6 is 0 Å². The molecule has 6 rings (SSSR count). The monoisotopic (exact) mass is 557 g/mol. The molecule has 0 bridgehead atoms. The maximum atomic E-state index is 12.5. The van der Waals surface area contributed by atoms with Crippen molar-refractivity contribution >= 4 is 17.1 Å². The minimum atomic E-state index is -0.610. The molecule has 1 N–H and O–H groups in total. The van der Waals surface area contributed by atoms with Crippen LogP contribution in [0.5, 0.6) is 23.0 Å². The SMILES string of the molecule is CC(C)(C)C(=O)Oc1ccc2c(c1)OCC1=C2[C@H](C2C=CC(OCCN3CCCCC3)=CC2)Oc2cc(O)ccc21. The molecule has 2 atom stereocenters. The fourth-order valence-corrected chi connectivity index (χ4v) is 5.89. The number of nitrogens with zero attached hydrogens (tertiary/aromatic N) is 1. The second kappa shape index (κ2) is 11.3. The molecule has 3 heterocycles. The van der Waals surface area contributed by atoms with Crippen LogP contribution in [0.15, 0.2) is 60.4 Å². The second-order valence-electron chi connectivity index (χ2n) is 12.3. The first-order valence-corrected chi connectivity index (χ1v) is 14.7. The predicted octanol–water partition coefficient (Wildman–Crippen LogP) is 6.37. The molecule has 0 amide bonds. The number of rotatable bonds is 6. The Morgan fingerprint density at radius 2 is 1.85 bits per heavy atom. The highest BCUT2D eigenvalue weighted by Gasteiger charge is 2.38. The molecule has 3 aliphatic heterocycles. The molecule has 0 spiro atoms. The van der Waals surface area contributed by atoms with E-state index in [0.29, 0.717) is 30.5 Å². The van der Waals surface area contributed by atoms with Crippen molar-refractivity contribution in [2.24, 2.45) is 11.3 Å². The van der Waals surface area contributed by atoms with Crippen molar-refractivity contribution in [1.29, 1.82) is 0 Å². The number of esters is 1. The maximum absolute atomic E-state index is 12.5. The molecular formula is C34H39NO6. The number of benzene rings is 2. The van der Waals surface area contributed by atoms with Gasteiger partial charge < -0.3 is 24.1 Å². The van der Waals surface area contributed by atoms with Gasteiger partial charge in [0.15, 0.2) is 0 Å². The van der Waals surface area contributed by atoms with Gasteiger partial charge in [-0.05, 0) is 89.5 Å². The van der Waals surface area contributed by atoms with Gasteiger partial charge in [-0.15, -0.1) is 0 Å². The number of phenolic OH excluding ortho intramolecular Hbond substituents is 1. The zero-order chi connectivity index (χ0) is 28.6. The first kappa shape index (κ1) is 27.5. The molecule has 2 aromatic carbocycles. The molecular weight excluding hydrogens is 518 g/mol. The standard InChI is InChI=1S/C34H39NO6/c1-34(2,3)33(37)40-25-12-14-27-29(20-25)39-21-28-26-13-9-23(36)19-30(26)41-32(31(27)28)22-7-10-24(11-8-22)38-18-17-35-15-5-4-6-16-35/h7,9-14,19-20,22,32,36H,4-6,8,15-18,21H2,1-3H3/t22?,32-/m0/s1. The van der Waals surface area contributed by atoms with Gasteiger partial charge in [-0.25, -0.2) is 0 Å². The topological polar surface area (TPSA) is 77.5 Å². The minimum Gasteiger partial charge on any atom is -0.508 e. The molecule has 7 heteroatoms. The highest BCUT2D eigenvalue weighted by Crippen LogP contribution is 2.49. The number of carbonyl (C=O) groups is 1. The number of hydrogen-bond acceptors (Lipinski definition) is 7. The van der Waals surface area contributed by atoms with Crippen molar-refractivity contribution < 1.29 is 28.8 Å². The Balaban J connectivity index is 1.24. The Kier molecular flexibility index (Phi) is 7.56. The van der Waals surface area contributed by atoms with Gasteiger partial charge >= 0.3 is 5.97 Å². The van der Waals surface area contributed by atoms with Gasteiger partial charge in [-0.2, -0.15) is 0 Å². The normalized spacial score (nSPS) is 22.0. The predicted molar refractivity (Wildman–Crippen MR) is 158 cm³/mol. The molecule has 7 nitrogen and oxygen atoms in total. The molecule has 1 fully saturated rings. The van der Waals surface area contributed by atoms with Crippen LogP contribution in [0.1, 0.15) is 57.6 Å². The Morgan fingerprint density at radius 1 is 1.05 bits per heavy atom. The minimum absolute atomic E-state index is 0.0642. The molecule has 1 aliphatic carbocycles. The lowest BCUT2D eigenvalue weighted by atomic mass is 9.80. The smallest absolute Gasteiger partial charge is 0.316 e. The molecule has 216 valence electrons. The zero-order valence-corrected chi connectivity index (χ0v) is 24.2. The highest BCUT2D eigenvalue weighted by atomic mass is 16.5. The molecule has 41 heavy (non-hydrogen) atoms. The van der Waals surface area contributed by atoms with E-state index in [4.69, 9.17) is 18.9 Å². The van der Waals surface area contributed by atoms with Crippen LogP contribution in [0, 0.1) is 11.3 Å². The van der Waals surface area contributed by atoms with E-state index in [1.165, 1.54) is 32.4 Å². The Labute approximate surface area is 242 Å². The van der Waals surface area contributed by atoms with Gasteiger partial charge in [0.1, 0.15) is 48.1 Å². The van der Waals surface area contributed by atoms with Crippen molar-refractivity contribution in [1.82, 2.24) is 4.90 Å². The first-order chi connectivity index (χ1) is 19.8.